The zero-order valence-corrected chi connectivity index (χ0v) is 10.3. The number of methoxy groups -OCH3 is 1. The van der Waals surface area contributed by atoms with Gasteiger partial charge < -0.3 is 10.1 Å². The van der Waals surface area contributed by atoms with E-state index in [2.05, 4.69) is 14.8 Å². The molecule has 94 valence electrons. The maximum absolute atomic E-state index is 11.8. The Hall–Kier alpha value is -0.660. The molecule has 0 aliphatic carbocycles. The van der Waals surface area contributed by atoms with Gasteiger partial charge in [0, 0.05) is 6.04 Å². The summed E-state index contributed by atoms with van der Waals surface area (Å²) in [6.45, 7) is 2.91. The Labute approximate surface area is 95.8 Å². The Bertz CT molecular complexity index is 335. The molecular formula is C9H18N2O4S. The first-order valence-electron chi connectivity index (χ1n) is 5.27. The summed E-state index contributed by atoms with van der Waals surface area (Å²) < 4.78 is 30.5. The first-order valence-corrected chi connectivity index (χ1v) is 6.81. The Morgan fingerprint density at radius 3 is 2.50 bits per heavy atom. The van der Waals surface area contributed by atoms with E-state index < -0.39 is 21.2 Å². The lowest BCUT2D eigenvalue weighted by Crippen LogP contribution is -2.47. The highest BCUT2D eigenvalue weighted by Crippen LogP contribution is 2.08. The Morgan fingerprint density at radius 2 is 2.00 bits per heavy atom. The maximum Gasteiger partial charge on any atom is 0.325 e. The van der Waals surface area contributed by atoms with Gasteiger partial charge in [0.05, 0.1) is 7.11 Å². The maximum atomic E-state index is 11.8. The van der Waals surface area contributed by atoms with E-state index in [1.807, 2.05) is 0 Å². The van der Waals surface area contributed by atoms with Crippen LogP contribution in [-0.2, 0) is 19.6 Å². The van der Waals surface area contributed by atoms with Crippen molar-refractivity contribution in [1.82, 2.24) is 10.0 Å². The number of rotatable bonds is 4. The Balaban J connectivity index is 2.59. The number of carbonyl (C=O) groups excluding carboxylic acids is 1. The van der Waals surface area contributed by atoms with Crippen LogP contribution in [0.3, 0.4) is 0 Å². The number of esters is 1. The van der Waals surface area contributed by atoms with Crippen LogP contribution in [0.5, 0.6) is 0 Å². The lowest BCUT2D eigenvalue weighted by atomic mass is 10.1. The third-order valence-corrected chi connectivity index (χ3v) is 4.45. The van der Waals surface area contributed by atoms with Crippen molar-refractivity contribution in [1.29, 1.82) is 0 Å². The topological polar surface area (TPSA) is 84.5 Å². The van der Waals surface area contributed by atoms with Crippen LogP contribution in [0.4, 0.5) is 0 Å². The molecule has 0 radical (unpaired) electrons. The Morgan fingerprint density at radius 1 is 1.44 bits per heavy atom. The van der Waals surface area contributed by atoms with Crippen LogP contribution in [0.2, 0.25) is 0 Å². The Kier molecular flexibility index (Phi) is 4.69. The van der Waals surface area contributed by atoms with E-state index in [0.717, 1.165) is 25.9 Å². The molecule has 0 aromatic heterocycles. The van der Waals surface area contributed by atoms with Crippen molar-refractivity contribution in [2.45, 2.75) is 31.1 Å². The van der Waals surface area contributed by atoms with Gasteiger partial charge in [0.15, 0.2) is 5.25 Å². The molecule has 0 aromatic rings. The van der Waals surface area contributed by atoms with Crippen molar-refractivity contribution < 1.29 is 17.9 Å². The van der Waals surface area contributed by atoms with Crippen LogP contribution in [-0.4, -0.2) is 45.9 Å². The number of piperidine rings is 1. The molecule has 1 aliphatic rings. The highest BCUT2D eigenvalue weighted by molar-refractivity contribution is 7.90. The predicted octanol–water partition coefficient (Wildman–Crippen LogP) is -0.781. The van der Waals surface area contributed by atoms with Crippen LogP contribution in [0, 0.1) is 0 Å². The largest absolute Gasteiger partial charge is 0.468 e. The smallest absolute Gasteiger partial charge is 0.325 e. The van der Waals surface area contributed by atoms with Crippen LogP contribution >= 0.6 is 0 Å². The van der Waals surface area contributed by atoms with Crippen molar-refractivity contribution in [2.75, 3.05) is 20.2 Å². The minimum absolute atomic E-state index is 0.0849. The molecule has 0 aromatic carbocycles. The van der Waals surface area contributed by atoms with Crippen LogP contribution < -0.4 is 10.0 Å². The van der Waals surface area contributed by atoms with E-state index in [1.165, 1.54) is 14.0 Å². The van der Waals surface area contributed by atoms with E-state index in [9.17, 15) is 13.2 Å². The third kappa shape index (κ3) is 3.43. The van der Waals surface area contributed by atoms with Gasteiger partial charge in [-0.1, -0.05) is 0 Å². The molecule has 0 amide bonds. The summed E-state index contributed by atoms with van der Waals surface area (Å²) in [4.78, 5) is 11.1. The number of nitrogens with one attached hydrogen (secondary N) is 2. The van der Waals surface area contributed by atoms with Crippen LogP contribution in [0.15, 0.2) is 0 Å². The van der Waals surface area contributed by atoms with Crippen LogP contribution in [0.25, 0.3) is 0 Å². The second-order valence-corrected chi connectivity index (χ2v) is 5.89. The molecule has 1 unspecified atom stereocenters. The molecule has 0 bridgehead atoms. The van der Waals surface area contributed by atoms with Crippen molar-refractivity contribution >= 4 is 16.0 Å². The zero-order chi connectivity index (χ0) is 12.2. The fourth-order valence-electron chi connectivity index (χ4n) is 1.57. The molecule has 7 heteroatoms. The highest BCUT2D eigenvalue weighted by atomic mass is 32.2. The molecule has 16 heavy (non-hydrogen) atoms. The first kappa shape index (κ1) is 13.4. The van der Waals surface area contributed by atoms with Gasteiger partial charge in [-0.2, -0.15) is 0 Å². The molecule has 2 N–H and O–H groups in total. The number of carbonyl (C=O) groups is 1. The van der Waals surface area contributed by atoms with Gasteiger partial charge in [-0.05, 0) is 32.9 Å². The van der Waals surface area contributed by atoms with Crippen molar-refractivity contribution in [3.05, 3.63) is 0 Å². The lowest BCUT2D eigenvalue weighted by molar-refractivity contribution is -0.139. The third-order valence-electron chi connectivity index (χ3n) is 2.67. The first-order chi connectivity index (χ1) is 7.47. The normalized spacial score (nSPS) is 20.4. The van der Waals surface area contributed by atoms with Crippen molar-refractivity contribution in [3.8, 4) is 0 Å². The molecule has 6 nitrogen and oxygen atoms in total. The molecule has 1 rings (SSSR count). The van der Waals surface area contributed by atoms with E-state index in [4.69, 9.17) is 0 Å². The number of hydrogen-bond donors (Lipinski definition) is 2. The summed E-state index contributed by atoms with van der Waals surface area (Å²) in [5.41, 5.74) is 0. The van der Waals surface area contributed by atoms with Gasteiger partial charge in [0.2, 0.25) is 10.0 Å². The molecule has 1 heterocycles. The second-order valence-electron chi connectivity index (χ2n) is 3.85. The van der Waals surface area contributed by atoms with Crippen LogP contribution in [0.1, 0.15) is 19.8 Å². The van der Waals surface area contributed by atoms with E-state index >= 15 is 0 Å². The van der Waals surface area contributed by atoms with Gasteiger partial charge in [0.25, 0.3) is 0 Å². The van der Waals surface area contributed by atoms with Gasteiger partial charge in [0.1, 0.15) is 0 Å². The average Bonchev–Trinajstić information content (AvgIpc) is 2.27. The van der Waals surface area contributed by atoms with Gasteiger partial charge in [-0.15, -0.1) is 0 Å². The van der Waals surface area contributed by atoms with E-state index in [-0.39, 0.29) is 6.04 Å². The molecule has 1 aliphatic heterocycles. The van der Waals surface area contributed by atoms with E-state index in [0.29, 0.717) is 0 Å². The van der Waals surface area contributed by atoms with Gasteiger partial charge in [-0.3, -0.25) is 4.79 Å². The minimum atomic E-state index is -3.62. The number of sulfonamides is 1. The molecule has 0 saturated carbocycles. The van der Waals surface area contributed by atoms with Gasteiger partial charge >= 0.3 is 5.97 Å². The summed E-state index contributed by atoms with van der Waals surface area (Å²) in [5, 5.41) is 1.98. The molecular weight excluding hydrogens is 232 g/mol. The van der Waals surface area contributed by atoms with E-state index in [1.54, 1.807) is 0 Å². The fourth-order valence-corrected chi connectivity index (χ4v) is 2.82. The van der Waals surface area contributed by atoms with Gasteiger partial charge in [-0.25, -0.2) is 13.1 Å². The second kappa shape index (κ2) is 5.60. The SMILES string of the molecule is COC(=O)C(C)S(=O)(=O)NC1CCNCC1. The summed E-state index contributed by atoms with van der Waals surface area (Å²) in [7, 11) is -2.44. The zero-order valence-electron chi connectivity index (χ0n) is 9.52. The average molecular weight is 250 g/mol. The molecule has 1 saturated heterocycles. The summed E-state index contributed by atoms with van der Waals surface area (Å²) in [5.74, 6) is -0.735. The molecule has 0 spiro atoms. The summed E-state index contributed by atoms with van der Waals surface area (Å²) in [6.07, 6.45) is 1.49. The monoisotopic (exact) mass is 250 g/mol. The molecule has 1 atom stereocenters. The highest BCUT2D eigenvalue weighted by Gasteiger charge is 2.31. The number of hydrogen-bond acceptors (Lipinski definition) is 5. The molecule has 1 fully saturated rings. The lowest BCUT2D eigenvalue weighted by Gasteiger charge is -2.24. The minimum Gasteiger partial charge on any atom is -0.468 e. The predicted molar refractivity (Wildman–Crippen MR) is 59.4 cm³/mol. The quantitative estimate of drug-likeness (QED) is 0.639. The standard InChI is InChI=1S/C9H18N2O4S/c1-7(9(12)15-2)16(13,14)11-8-3-5-10-6-4-8/h7-8,10-11H,3-6H2,1-2H3. The fraction of sp³-hybridized carbons (Fsp3) is 0.889. The summed E-state index contributed by atoms with van der Waals surface area (Å²) in [6, 6.07) is -0.0849. The number of ether oxygens (including phenoxy) is 1. The summed E-state index contributed by atoms with van der Waals surface area (Å²) >= 11 is 0. The van der Waals surface area contributed by atoms with Crippen molar-refractivity contribution in [3.63, 3.8) is 0 Å². The van der Waals surface area contributed by atoms with Crippen molar-refractivity contribution in [2.24, 2.45) is 0 Å².